The molecule has 0 fully saturated rings. The number of hydrogen-bond donors (Lipinski definition) is 4. The van der Waals surface area contributed by atoms with E-state index in [2.05, 4.69) is 13.2 Å². The highest BCUT2D eigenvalue weighted by Gasteiger charge is 2.16. The van der Waals surface area contributed by atoms with Crippen molar-refractivity contribution in [3.63, 3.8) is 0 Å². The highest BCUT2D eigenvalue weighted by molar-refractivity contribution is 5.93. The maximum atomic E-state index is 11.4. The zero-order valence-corrected chi connectivity index (χ0v) is 13.8. The lowest BCUT2D eigenvalue weighted by molar-refractivity contribution is -0.129. The van der Waals surface area contributed by atoms with Crippen LogP contribution in [0, 0.1) is 0 Å². The fourth-order valence-corrected chi connectivity index (χ4v) is 2.20. The molecule has 134 valence electrons. The second-order valence-electron chi connectivity index (χ2n) is 5.17. The van der Waals surface area contributed by atoms with Crippen molar-refractivity contribution in [2.45, 2.75) is 0 Å². The Labute approximate surface area is 149 Å². The SMILES string of the molecule is C=CC(=O)Oc1ccc(-c2cc(N)c(OC(=O)C=C)c(N)c2)c(N)c1N. The molecule has 0 bridgehead atoms. The molecule has 0 amide bonds. The molecule has 8 N–H and O–H groups in total. The number of carbonyl (C=O) groups excluding carboxylic acids is 2. The van der Waals surface area contributed by atoms with E-state index in [9.17, 15) is 9.59 Å². The zero-order chi connectivity index (χ0) is 19.4. The van der Waals surface area contributed by atoms with E-state index in [1.165, 1.54) is 18.2 Å². The van der Waals surface area contributed by atoms with E-state index < -0.39 is 11.9 Å². The lowest BCUT2D eigenvalue weighted by Gasteiger charge is -2.15. The van der Waals surface area contributed by atoms with Gasteiger partial charge in [0.2, 0.25) is 0 Å². The van der Waals surface area contributed by atoms with Gasteiger partial charge in [-0.25, -0.2) is 9.59 Å². The van der Waals surface area contributed by atoms with Gasteiger partial charge < -0.3 is 32.4 Å². The number of nitrogen functional groups attached to an aromatic ring is 4. The molecular formula is C18H18N4O4. The number of hydrogen-bond acceptors (Lipinski definition) is 8. The van der Waals surface area contributed by atoms with Gasteiger partial charge >= 0.3 is 11.9 Å². The lowest BCUT2D eigenvalue weighted by atomic mass is 10.0. The maximum absolute atomic E-state index is 11.4. The Morgan fingerprint density at radius 2 is 1.38 bits per heavy atom. The summed E-state index contributed by atoms with van der Waals surface area (Å²) in [7, 11) is 0. The second-order valence-corrected chi connectivity index (χ2v) is 5.17. The van der Waals surface area contributed by atoms with Gasteiger partial charge in [-0.3, -0.25) is 0 Å². The van der Waals surface area contributed by atoms with Crippen LogP contribution in [0.5, 0.6) is 11.5 Å². The van der Waals surface area contributed by atoms with Gasteiger partial charge in [0.05, 0.1) is 22.7 Å². The van der Waals surface area contributed by atoms with E-state index >= 15 is 0 Å². The van der Waals surface area contributed by atoms with E-state index in [-0.39, 0.29) is 34.2 Å². The largest absolute Gasteiger partial charge is 0.421 e. The molecule has 0 heterocycles. The van der Waals surface area contributed by atoms with Crippen LogP contribution < -0.4 is 32.4 Å². The van der Waals surface area contributed by atoms with Crippen molar-refractivity contribution in [2.75, 3.05) is 22.9 Å². The maximum Gasteiger partial charge on any atom is 0.335 e. The minimum Gasteiger partial charge on any atom is -0.421 e. The molecule has 0 atom stereocenters. The number of nitrogens with two attached hydrogens (primary N) is 4. The summed E-state index contributed by atoms with van der Waals surface area (Å²) in [6.07, 6.45) is 2.00. The van der Waals surface area contributed by atoms with E-state index in [0.717, 1.165) is 12.2 Å². The van der Waals surface area contributed by atoms with Crippen LogP contribution >= 0.6 is 0 Å². The van der Waals surface area contributed by atoms with Crippen LogP contribution in [-0.4, -0.2) is 11.9 Å². The Kier molecular flexibility index (Phi) is 5.17. The van der Waals surface area contributed by atoms with Crippen molar-refractivity contribution in [2.24, 2.45) is 0 Å². The van der Waals surface area contributed by atoms with E-state index in [1.54, 1.807) is 6.07 Å². The predicted molar refractivity (Wildman–Crippen MR) is 101 cm³/mol. The molecule has 0 aromatic heterocycles. The second kappa shape index (κ2) is 7.31. The van der Waals surface area contributed by atoms with Gasteiger partial charge in [0.25, 0.3) is 0 Å². The van der Waals surface area contributed by atoms with Gasteiger partial charge in [0.1, 0.15) is 0 Å². The standard InChI is InChI=1S/C18H18N4O4/c1-3-14(23)25-13-6-5-10(16(21)17(13)22)9-7-11(19)18(12(20)8-9)26-15(24)4-2/h3-8H,1-2,19-22H2. The molecule has 0 unspecified atom stereocenters. The smallest absolute Gasteiger partial charge is 0.335 e. The molecule has 0 saturated carbocycles. The molecule has 0 aliphatic rings. The summed E-state index contributed by atoms with van der Waals surface area (Å²) in [5.74, 6) is -1.21. The molecule has 2 aromatic carbocycles. The summed E-state index contributed by atoms with van der Waals surface area (Å²) in [6.45, 7) is 6.62. The van der Waals surface area contributed by atoms with E-state index in [0.29, 0.717) is 11.1 Å². The first kappa shape index (κ1) is 18.4. The number of rotatable bonds is 5. The highest BCUT2D eigenvalue weighted by atomic mass is 16.5. The first-order chi connectivity index (χ1) is 12.3. The number of ether oxygens (including phenoxy) is 2. The topological polar surface area (TPSA) is 157 Å². The Balaban J connectivity index is 2.47. The van der Waals surface area contributed by atoms with Crippen LogP contribution in [-0.2, 0) is 9.59 Å². The number of carbonyl (C=O) groups is 2. The predicted octanol–water partition coefficient (Wildman–Crippen LogP) is 1.87. The average Bonchev–Trinajstić information content (AvgIpc) is 2.61. The molecule has 0 radical (unpaired) electrons. The number of esters is 2. The molecule has 8 nitrogen and oxygen atoms in total. The van der Waals surface area contributed by atoms with Crippen molar-refractivity contribution < 1.29 is 19.1 Å². The van der Waals surface area contributed by atoms with Crippen LogP contribution in [0.3, 0.4) is 0 Å². The Morgan fingerprint density at radius 1 is 0.846 bits per heavy atom. The van der Waals surface area contributed by atoms with Gasteiger partial charge in [0.15, 0.2) is 11.5 Å². The summed E-state index contributed by atoms with van der Waals surface area (Å²) in [6, 6.07) is 6.15. The van der Waals surface area contributed by atoms with Crippen molar-refractivity contribution >= 4 is 34.7 Å². The molecule has 0 aliphatic heterocycles. The molecule has 8 heteroatoms. The molecule has 0 saturated heterocycles. The van der Waals surface area contributed by atoms with Crippen molar-refractivity contribution in [3.05, 3.63) is 49.6 Å². The molecule has 2 rings (SSSR count). The fourth-order valence-electron chi connectivity index (χ4n) is 2.20. The normalized spacial score (nSPS) is 10.0. The first-order valence-corrected chi connectivity index (χ1v) is 7.34. The van der Waals surface area contributed by atoms with Gasteiger partial charge in [-0.05, 0) is 29.8 Å². The lowest BCUT2D eigenvalue weighted by Crippen LogP contribution is -2.09. The van der Waals surface area contributed by atoms with Crippen molar-refractivity contribution in [1.29, 1.82) is 0 Å². The first-order valence-electron chi connectivity index (χ1n) is 7.34. The van der Waals surface area contributed by atoms with Gasteiger partial charge in [-0.15, -0.1) is 0 Å². The third-order valence-electron chi connectivity index (χ3n) is 3.45. The number of anilines is 4. The van der Waals surface area contributed by atoms with Crippen LogP contribution in [0.15, 0.2) is 49.6 Å². The molecule has 0 aliphatic carbocycles. The van der Waals surface area contributed by atoms with Crippen LogP contribution in [0.2, 0.25) is 0 Å². The Bertz CT molecular complexity index is 899. The monoisotopic (exact) mass is 354 g/mol. The minimum absolute atomic E-state index is 0.0294. The van der Waals surface area contributed by atoms with E-state index in [1.807, 2.05) is 0 Å². The summed E-state index contributed by atoms with van der Waals surface area (Å²) in [5, 5.41) is 0. The summed E-state index contributed by atoms with van der Waals surface area (Å²) in [4.78, 5) is 22.7. The summed E-state index contributed by atoms with van der Waals surface area (Å²) in [5.41, 5.74) is 25.4. The van der Waals surface area contributed by atoms with Crippen LogP contribution in [0.1, 0.15) is 0 Å². The molecule has 0 spiro atoms. The molecular weight excluding hydrogens is 336 g/mol. The van der Waals surface area contributed by atoms with Crippen molar-refractivity contribution in [1.82, 2.24) is 0 Å². The van der Waals surface area contributed by atoms with Crippen LogP contribution in [0.25, 0.3) is 11.1 Å². The van der Waals surface area contributed by atoms with Crippen LogP contribution in [0.4, 0.5) is 22.7 Å². The summed E-state index contributed by atoms with van der Waals surface area (Å²) >= 11 is 0. The van der Waals surface area contributed by atoms with Gasteiger partial charge in [-0.2, -0.15) is 0 Å². The average molecular weight is 354 g/mol. The summed E-state index contributed by atoms with van der Waals surface area (Å²) < 4.78 is 10.0. The van der Waals surface area contributed by atoms with Gasteiger partial charge in [-0.1, -0.05) is 13.2 Å². The Hall–Kier alpha value is -3.94. The highest BCUT2D eigenvalue weighted by Crippen LogP contribution is 2.40. The number of benzene rings is 2. The quantitative estimate of drug-likeness (QED) is 0.274. The molecule has 2 aromatic rings. The Morgan fingerprint density at radius 3 is 1.92 bits per heavy atom. The van der Waals surface area contributed by atoms with Gasteiger partial charge in [0, 0.05) is 17.7 Å². The third-order valence-corrected chi connectivity index (χ3v) is 3.45. The fraction of sp³-hybridized carbons (Fsp3) is 0. The van der Waals surface area contributed by atoms with Crippen molar-refractivity contribution in [3.8, 4) is 22.6 Å². The molecule has 26 heavy (non-hydrogen) atoms. The van der Waals surface area contributed by atoms with E-state index in [4.69, 9.17) is 32.4 Å². The minimum atomic E-state index is -0.687. The third kappa shape index (κ3) is 3.59. The zero-order valence-electron chi connectivity index (χ0n) is 13.8.